The molecule has 34 heavy (non-hydrogen) atoms. The molecule has 1 heterocycles. The van der Waals surface area contributed by atoms with E-state index in [9.17, 15) is 0 Å². The standard InChI is InChI=1S/C30H48N4/c1-29(2,3)27-11-7-25(8-12-27)23-33-19-15-31-17-21-34(22-18-32-16-20-33)24-26-9-13-28(14-10-26)30(4,5)6/h7-14,31-32H,15-24H2,1-6H3. The Morgan fingerprint density at radius 2 is 0.824 bits per heavy atom. The molecule has 0 aliphatic carbocycles. The second kappa shape index (κ2) is 12.3. The van der Waals surface area contributed by atoms with Crippen molar-refractivity contribution in [2.24, 2.45) is 0 Å². The molecule has 188 valence electrons. The average molecular weight is 465 g/mol. The maximum absolute atomic E-state index is 3.69. The van der Waals surface area contributed by atoms with E-state index in [0.717, 1.165) is 65.4 Å². The van der Waals surface area contributed by atoms with Crippen LogP contribution in [0.1, 0.15) is 63.8 Å². The minimum Gasteiger partial charge on any atom is -0.314 e. The van der Waals surface area contributed by atoms with Crippen molar-refractivity contribution in [2.45, 2.75) is 65.5 Å². The highest BCUT2D eigenvalue weighted by Gasteiger charge is 2.15. The molecule has 0 aromatic heterocycles. The fourth-order valence-corrected chi connectivity index (χ4v) is 4.48. The van der Waals surface area contributed by atoms with Gasteiger partial charge in [-0.1, -0.05) is 90.1 Å². The van der Waals surface area contributed by atoms with Gasteiger partial charge in [0.1, 0.15) is 0 Å². The van der Waals surface area contributed by atoms with Crippen LogP contribution in [0.4, 0.5) is 0 Å². The molecule has 0 radical (unpaired) electrons. The zero-order valence-corrected chi connectivity index (χ0v) is 22.6. The second-order valence-electron chi connectivity index (χ2n) is 11.9. The molecule has 2 aromatic carbocycles. The van der Waals surface area contributed by atoms with Crippen LogP contribution in [0, 0.1) is 0 Å². The Morgan fingerprint density at radius 3 is 1.09 bits per heavy atom. The summed E-state index contributed by atoms with van der Waals surface area (Å²) in [7, 11) is 0. The van der Waals surface area contributed by atoms with E-state index in [1.54, 1.807) is 0 Å². The van der Waals surface area contributed by atoms with Crippen LogP contribution in [0.25, 0.3) is 0 Å². The van der Waals surface area contributed by atoms with Crippen molar-refractivity contribution >= 4 is 0 Å². The lowest BCUT2D eigenvalue weighted by atomic mass is 9.87. The van der Waals surface area contributed by atoms with Crippen molar-refractivity contribution in [3.63, 3.8) is 0 Å². The molecule has 4 nitrogen and oxygen atoms in total. The number of nitrogens with one attached hydrogen (secondary N) is 2. The molecule has 0 saturated carbocycles. The number of nitrogens with zero attached hydrogens (tertiary/aromatic N) is 2. The van der Waals surface area contributed by atoms with E-state index in [4.69, 9.17) is 0 Å². The summed E-state index contributed by atoms with van der Waals surface area (Å²) in [6, 6.07) is 18.4. The maximum atomic E-state index is 3.69. The van der Waals surface area contributed by atoms with E-state index < -0.39 is 0 Å². The third-order valence-corrected chi connectivity index (χ3v) is 6.87. The van der Waals surface area contributed by atoms with Crippen LogP contribution in [-0.2, 0) is 23.9 Å². The smallest absolute Gasteiger partial charge is 0.0234 e. The summed E-state index contributed by atoms with van der Waals surface area (Å²) < 4.78 is 0. The number of hydrogen-bond acceptors (Lipinski definition) is 4. The van der Waals surface area contributed by atoms with Crippen molar-refractivity contribution < 1.29 is 0 Å². The molecule has 1 aliphatic rings. The average Bonchev–Trinajstić information content (AvgIpc) is 2.76. The molecule has 2 aromatic rings. The molecule has 0 spiro atoms. The third-order valence-electron chi connectivity index (χ3n) is 6.87. The van der Waals surface area contributed by atoms with Crippen LogP contribution in [0.15, 0.2) is 48.5 Å². The topological polar surface area (TPSA) is 30.5 Å². The fraction of sp³-hybridized carbons (Fsp3) is 0.600. The quantitative estimate of drug-likeness (QED) is 0.682. The van der Waals surface area contributed by atoms with E-state index >= 15 is 0 Å². The van der Waals surface area contributed by atoms with Gasteiger partial charge in [0.05, 0.1) is 0 Å². The first-order valence-corrected chi connectivity index (χ1v) is 13.2. The molecule has 4 heteroatoms. The van der Waals surface area contributed by atoms with Crippen molar-refractivity contribution in [1.29, 1.82) is 0 Å². The first-order chi connectivity index (χ1) is 16.1. The Kier molecular flexibility index (Phi) is 9.73. The van der Waals surface area contributed by atoms with Gasteiger partial charge in [0.2, 0.25) is 0 Å². The molecule has 3 rings (SSSR count). The van der Waals surface area contributed by atoms with Gasteiger partial charge in [0, 0.05) is 65.4 Å². The van der Waals surface area contributed by atoms with E-state index in [2.05, 4.69) is 111 Å². The summed E-state index contributed by atoms with van der Waals surface area (Å²) in [5.41, 5.74) is 6.05. The third kappa shape index (κ3) is 8.81. The second-order valence-corrected chi connectivity index (χ2v) is 11.9. The van der Waals surface area contributed by atoms with Crippen LogP contribution in [-0.4, -0.2) is 62.2 Å². The minimum atomic E-state index is 0.212. The predicted molar refractivity (Wildman–Crippen MR) is 147 cm³/mol. The summed E-state index contributed by atoms with van der Waals surface area (Å²) in [6.45, 7) is 24.2. The van der Waals surface area contributed by atoms with Gasteiger partial charge in [-0.3, -0.25) is 9.80 Å². The molecular weight excluding hydrogens is 416 g/mol. The SMILES string of the molecule is CC(C)(C)c1ccc(CN2CCNCCN(Cc3ccc(C(C)(C)C)cc3)CCNCC2)cc1. The Balaban J connectivity index is 1.48. The monoisotopic (exact) mass is 464 g/mol. The Labute approximate surface area is 209 Å². The largest absolute Gasteiger partial charge is 0.314 e. The lowest BCUT2D eigenvalue weighted by Gasteiger charge is -2.27. The molecule has 0 atom stereocenters. The van der Waals surface area contributed by atoms with Crippen LogP contribution in [0.5, 0.6) is 0 Å². The first-order valence-electron chi connectivity index (χ1n) is 13.2. The molecular formula is C30H48N4. The van der Waals surface area contributed by atoms with Crippen LogP contribution in [0.3, 0.4) is 0 Å². The summed E-state index contributed by atoms with van der Waals surface area (Å²) in [5.74, 6) is 0. The van der Waals surface area contributed by atoms with Gasteiger partial charge >= 0.3 is 0 Å². The summed E-state index contributed by atoms with van der Waals surface area (Å²) in [5, 5.41) is 7.38. The number of rotatable bonds is 4. The lowest BCUT2D eigenvalue weighted by molar-refractivity contribution is 0.233. The zero-order valence-electron chi connectivity index (χ0n) is 22.6. The predicted octanol–water partition coefficient (Wildman–Crippen LogP) is 4.78. The normalized spacial score (nSPS) is 18.3. The molecule has 0 unspecified atom stereocenters. The minimum absolute atomic E-state index is 0.212. The molecule has 1 saturated heterocycles. The van der Waals surface area contributed by atoms with Crippen molar-refractivity contribution in [2.75, 3.05) is 52.4 Å². The van der Waals surface area contributed by atoms with E-state index in [1.165, 1.54) is 22.3 Å². The molecule has 0 bridgehead atoms. The van der Waals surface area contributed by atoms with E-state index in [0.29, 0.717) is 0 Å². The zero-order chi connectivity index (χ0) is 24.6. The molecule has 0 amide bonds. The summed E-state index contributed by atoms with van der Waals surface area (Å²) >= 11 is 0. The number of hydrogen-bond donors (Lipinski definition) is 2. The van der Waals surface area contributed by atoms with Gasteiger partial charge in [-0.05, 0) is 33.1 Å². The Morgan fingerprint density at radius 1 is 0.529 bits per heavy atom. The maximum Gasteiger partial charge on any atom is 0.0234 e. The van der Waals surface area contributed by atoms with Crippen LogP contribution >= 0.6 is 0 Å². The van der Waals surface area contributed by atoms with E-state index in [-0.39, 0.29) is 10.8 Å². The van der Waals surface area contributed by atoms with Gasteiger partial charge < -0.3 is 10.6 Å². The highest BCUT2D eigenvalue weighted by molar-refractivity contribution is 5.28. The van der Waals surface area contributed by atoms with Gasteiger partial charge in [-0.25, -0.2) is 0 Å². The lowest BCUT2D eigenvalue weighted by Crippen LogP contribution is -2.42. The summed E-state index contributed by atoms with van der Waals surface area (Å²) in [6.07, 6.45) is 0. The van der Waals surface area contributed by atoms with Crippen molar-refractivity contribution in [3.05, 3.63) is 70.8 Å². The Hall–Kier alpha value is -1.72. The fourth-order valence-electron chi connectivity index (χ4n) is 4.48. The van der Waals surface area contributed by atoms with Crippen LogP contribution in [0.2, 0.25) is 0 Å². The van der Waals surface area contributed by atoms with Gasteiger partial charge in [0.15, 0.2) is 0 Å². The van der Waals surface area contributed by atoms with Gasteiger partial charge in [0.25, 0.3) is 0 Å². The number of benzene rings is 2. The highest BCUT2D eigenvalue weighted by Crippen LogP contribution is 2.23. The molecule has 1 fully saturated rings. The van der Waals surface area contributed by atoms with Crippen molar-refractivity contribution in [1.82, 2.24) is 20.4 Å². The van der Waals surface area contributed by atoms with Crippen molar-refractivity contribution in [3.8, 4) is 0 Å². The van der Waals surface area contributed by atoms with Crippen LogP contribution < -0.4 is 10.6 Å². The Bertz CT molecular complexity index is 758. The molecule has 2 N–H and O–H groups in total. The van der Waals surface area contributed by atoms with Gasteiger partial charge in [-0.2, -0.15) is 0 Å². The van der Waals surface area contributed by atoms with E-state index in [1.807, 2.05) is 0 Å². The first kappa shape index (κ1) is 26.9. The summed E-state index contributed by atoms with van der Waals surface area (Å²) in [4.78, 5) is 5.14. The highest BCUT2D eigenvalue weighted by atomic mass is 15.2. The van der Waals surface area contributed by atoms with Gasteiger partial charge in [-0.15, -0.1) is 0 Å². The molecule has 1 aliphatic heterocycles.